The Morgan fingerprint density at radius 2 is 2.00 bits per heavy atom. The van der Waals surface area contributed by atoms with Gasteiger partial charge in [0.1, 0.15) is 11.3 Å². The van der Waals surface area contributed by atoms with Gasteiger partial charge < -0.3 is 4.42 Å². The van der Waals surface area contributed by atoms with Crippen molar-refractivity contribution in [3.05, 3.63) is 35.6 Å². The van der Waals surface area contributed by atoms with E-state index >= 15 is 0 Å². The summed E-state index contributed by atoms with van der Waals surface area (Å²) in [6.07, 6.45) is 6.87. The highest BCUT2D eigenvalue weighted by molar-refractivity contribution is 5.82. The van der Waals surface area contributed by atoms with E-state index in [1.165, 1.54) is 61.9 Å². The Labute approximate surface area is 119 Å². The second-order valence-corrected chi connectivity index (χ2v) is 6.84. The quantitative estimate of drug-likeness (QED) is 0.713. The number of benzene rings is 1. The van der Waals surface area contributed by atoms with Crippen LogP contribution in [0.5, 0.6) is 0 Å². The minimum atomic E-state index is 0.580. The highest BCUT2D eigenvalue weighted by Crippen LogP contribution is 2.51. The molecule has 104 valence electrons. The Morgan fingerprint density at radius 3 is 3.00 bits per heavy atom. The van der Waals surface area contributed by atoms with Crippen LogP contribution < -0.4 is 0 Å². The van der Waals surface area contributed by atoms with Gasteiger partial charge in [-0.3, -0.25) is 4.90 Å². The molecule has 1 saturated carbocycles. The molecule has 5 rings (SSSR count). The SMILES string of the molecule is c1ccc2c3c(oc2c1)[C@@H]1[C@H]2CCCC[C@H]2CN1CC3. The summed E-state index contributed by atoms with van der Waals surface area (Å²) in [6.45, 7) is 2.54. The maximum absolute atomic E-state index is 6.31. The van der Waals surface area contributed by atoms with E-state index in [9.17, 15) is 0 Å². The molecule has 2 aliphatic heterocycles. The van der Waals surface area contributed by atoms with Crippen molar-refractivity contribution in [2.75, 3.05) is 13.1 Å². The van der Waals surface area contributed by atoms with E-state index in [0.29, 0.717) is 6.04 Å². The molecule has 0 unspecified atom stereocenters. The summed E-state index contributed by atoms with van der Waals surface area (Å²) < 4.78 is 6.31. The van der Waals surface area contributed by atoms with Gasteiger partial charge in [0.2, 0.25) is 0 Å². The molecule has 1 saturated heterocycles. The molecule has 20 heavy (non-hydrogen) atoms. The van der Waals surface area contributed by atoms with Crippen LogP contribution in [-0.4, -0.2) is 18.0 Å². The van der Waals surface area contributed by atoms with Crippen molar-refractivity contribution < 1.29 is 4.42 Å². The molecule has 0 spiro atoms. The molecule has 2 nitrogen and oxygen atoms in total. The van der Waals surface area contributed by atoms with E-state index in [4.69, 9.17) is 4.42 Å². The van der Waals surface area contributed by atoms with Gasteiger partial charge in [-0.15, -0.1) is 0 Å². The molecule has 1 aromatic heterocycles. The number of fused-ring (bicyclic) bond motifs is 7. The van der Waals surface area contributed by atoms with Gasteiger partial charge in [0, 0.05) is 24.0 Å². The average molecular weight is 267 g/mol. The Morgan fingerprint density at radius 1 is 1.10 bits per heavy atom. The van der Waals surface area contributed by atoms with Gasteiger partial charge in [-0.1, -0.05) is 31.0 Å². The third-order valence-electron chi connectivity index (χ3n) is 5.88. The van der Waals surface area contributed by atoms with E-state index in [1.807, 2.05) is 0 Å². The molecular formula is C18H21NO. The molecule has 1 aromatic carbocycles. The lowest BCUT2D eigenvalue weighted by Gasteiger charge is -2.32. The van der Waals surface area contributed by atoms with E-state index in [-0.39, 0.29) is 0 Å². The number of hydrogen-bond donors (Lipinski definition) is 0. The third-order valence-corrected chi connectivity index (χ3v) is 5.88. The van der Waals surface area contributed by atoms with Gasteiger partial charge in [-0.05, 0) is 37.2 Å². The maximum atomic E-state index is 6.31. The molecular weight excluding hydrogens is 246 g/mol. The van der Waals surface area contributed by atoms with Crippen molar-refractivity contribution in [3.63, 3.8) is 0 Å². The van der Waals surface area contributed by atoms with Gasteiger partial charge >= 0.3 is 0 Å². The lowest BCUT2D eigenvalue weighted by molar-refractivity contribution is 0.174. The number of nitrogens with zero attached hydrogens (tertiary/aromatic N) is 1. The van der Waals surface area contributed by atoms with Gasteiger partial charge in [-0.2, -0.15) is 0 Å². The first-order chi connectivity index (χ1) is 9.92. The van der Waals surface area contributed by atoms with Gasteiger partial charge in [0.05, 0.1) is 6.04 Å². The normalized spacial score (nSPS) is 32.9. The second-order valence-electron chi connectivity index (χ2n) is 6.84. The van der Waals surface area contributed by atoms with Crippen LogP contribution in [0.15, 0.2) is 28.7 Å². The molecule has 3 aliphatic rings. The zero-order chi connectivity index (χ0) is 13.1. The summed E-state index contributed by atoms with van der Waals surface area (Å²) in [6, 6.07) is 9.18. The summed E-state index contributed by atoms with van der Waals surface area (Å²) in [5, 5.41) is 1.36. The Balaban J connectivity index is 1.66. The van der Waals surface area contributed by atoms with Crippen LogP contribution >= 0.6 is 0 Å². The van der Waals surface area contributed by atoms with E-state index in [1.54, 1.807) is 0 Å². The first kappa shape index (κ1) is 11.4. The summed E-state index contributed by atoms with van der Waals surface area (Å²) in [7, 11) is 0. The van der Waals surface area contributed by atoms with Crippen LogP contribution in [0.2, 0.25) is 0 Å². The van der Waals surface area contributed by atoms with Crippen LogP contribution in [0.25, 0.3) is 11.0 Å². The van der Waals surface area contributed by atoms with Crippen molar-refractivity contribution in [1.29, 1.82) is 0 Å². The smallest absolute Gasteiger partial charge is 0.134 e. The fourth-order valence-corrected chi connectivity index (χ4v) is 5.02. The Kier molecular flexibility index (Phi) is 2.34. The molecule has 3 heterocycles. The van der Waals surface area contributed by atoms with Crippen LogP contribution in [0.4, 0.5) is 0 Å². The predicted octanol–water partition coefficient (Wildman–Crippen LogP) is 4.15. The summed E-state index contributed by atoms with van der Waals surface area (Å²) >= 11 is 0. The Bertz CT molecular complexity index is 658. The first-order valence-electron chi connectivity index (χ1n) is 8.16. The molecule has 2 fully saturated rings. The minimum absolute atomic E-state index is 0.580. The zero-order valence-corrected chi connectivity index (χ0v) is 11.8. The van der Waals surface area contributed by atoms with Gasteiger partial charge in [-0.25, -0.2) is 0 Å². The Hall–Kier alpha value is -1.28. The van der Waals surface area contributed by atoms with Crippen molar-refractivity contribution >= 4 is 11.0 Å². The molecule has 2 aromatic rings. The van der Waals surface area contributed by atoms with Gasteiger partial charge in [0.25, 0.3) is 0 Å². The molecule has 0 N–H and O–H groups in total. The molecule has 0 radical (unpaired) electrons. The standard InChI is InChI=1S/C18H21NO/c1-2-6-13-12(5-1)11-19-10-9-15-14-7-3-4-8-16(14)20-18(15)17(13)19/h3-4,7-8,12-13,17H,1-2,5-6,9-11H2/t12-,13-,17-/m0/s1. The summed E-state index contributed by atoms with van der Waals surface area (Å²) in [5.74, 6) is 3.09. The van der Waals surface area contributed by atoms with Crippen LogP contribution in [-0.2, 0) is 6.42 Å². The fourth-order valence-electron chi connectivity index (χ4n) is 5.02. The molecule has 0 bridgehead atoms. The van der Waals surface area contributed by atoms with Crippen LogP contribution in [0.1, 0.15) is 43.0 Å². The highest BCUT2D eigenvalue weighted by Gasteiger charge is 2.47. The fraction of sp³-hybridized carbons (Fsp3) is 0.556. The lowest BCUT2D eigenvalue weighted by Crippen LogP contribution is -2.32. The molecule has 3 atom stereocenters. The number of rotatable bonds is 0. The lowest BCUT2D eigenvalue weighted by atomic mass is 9.77. The van der Waals surface area contributed by atoms with Gasteiger partial charge in [0.15, 0.2) is 0 Å². The van der Waals surface area contributed by atoms with Crippen molar-refractivity contribution in [2.24, 2.45) is 11.8 Å². The van der Waals surface area contributed by atoms with Crippen LogP contribution in [0, 0.1) is 11.8 Å². The molecule has 2 heteroatoms. The summed E-state index contributed by atoms with van der Waals surface area (Å²) in [5.41, 5.74) is 2.60. The van der Waals surface area contributed by atoms with E-state index in [0.717, 1.165) is 17.4 Å². The first-order valence-corrected chi connectivity index (χ1v) is 8.16. The highest BCUT2D eigenvalue weighted by atomic mass is 16.3. The minimum Gasteiger partial charge on any atom is -0.459 e. The monoisotopic (exact) mass is 267 g/mol. The summed E-state index contributed by atoms with van der Waals surface area (Å²) in [4.78, 5) is 2.71. The molecule has 1 aliphatic carbocycles. The van der Waals surface area contributed by atoms with E-state index in [2.05, 4.69) is 29.2 Å². The molecule has 0 amide bonds. The average Bonchev–Trinajstić information content (AvgIpc) is 3.04. The number of para-hydroxylation sites is 1. The number of furan rings is 1. The number of hydrogen-bond acceptors (Lipinski definition) is 2. The topological polar surface area (TPSA) is 16.4 Å². The second kappa shape index (κ2) is 4.11. The van der Waals surface area contributed by atoms with Crippen LogP contribution in [0.3, 0.4) is 0 Å². The van der Waals surface area contributed by atoms with Crippen molar-refractivity contribution in [1.82, 2.24) is 4.90 Å². The van der Waals surface area contributed by atoms with Crippen molar-refractivity contribution in [3.8, 4) is 0 Å². The van der Waals surface area contributed by atoms with Crippen molar-refractivity contribution in [2.45, 2.75) is 38.1 Å². The zero-order valence-electron chi connectivity index (χ0n) is 11.8. The maximum Gasteiger partial charge on any atom is 0.134 e. The largest absolute Gasteiger partial charge is 0.459 e. The predicted molar refractivity (Wildman–Crippen MR) is 79.7 cm³/mol. The third kappa shape index (κ3) is 1.43. The van der Waals surface area contributed by atoms with E-state index < -0.39 is 0 Å².